The molecule has 0 aromatic heterocycles. The molecule has 3 fully saturated rings. The number of carbonyl (C=O) groups is 3. The molecule has 0 saturated carbocycles. The lowest BCUT2D eigenvalue weighted by Crippen LogP contribution is -2.52. The minimum atomic E-state index is -0.550. The fourth-order valence-corrected chi connectivity index (χ4v) is 5.72. The molecule has 1 aromatic rings. The Bertz CT molecular complexity index is 905. The van der Waals surface area contributed by atoms with Crippen LogP contribution >= 0.6 is 0 Å². The van der Waals surface area contributed by atoms with Crippen molar-refractivity contribution < 1.29 is 14.4 Å². The van der Waals surface area contributed by atoms with Gasteiger partial charge in [0.15, 0.2) is 0 Å². The van der Waals surface area contributed by atoms with Crippen LogP contribution in [0.15, 0.2) is 18.2 Å². The third kappa shape index (κ3) is 5.13. The maximum Gasteiger partial charge on any atom is 0.255 e. The topological polar surface area (TPSA) is 85.0 Å². The number of nitrogens with zero attached hydrogens (tertiary/aromatic N) is 3. The third-order valence-corrected chi connectivity index (χ3v) is 7.76. The highest BCUT2D eigenvalue weighted by Crippen LogP contribution is 2.29. The standard InChI is InChI=1S/C25H35N5O3/c31-23-4-3-22(24(32)27-23)30-17-20-15-19(1-2-21(20)25(30)33)16-29-11-6-18(7-12-29)5-10-28-13-8-26-9-14-28/h1-2,15,18,22,26H,3-14,16-17H2,(H,27,31,32). The summed E-state index contributed by atoms with van der Waals surface area (Å²) in [6.45, 7) is 9.45. The minimum absolute atomic E-state index is 0.101. The van der Waals surface area contributed by atoms with E-state index >= 15 is 0 Å². The fraction of sp³-hybridized carbons (Fsp3) is 0.640. The zero-order chi connectivity index (χ0) is 22.8. The largest absolute Gasteiger partial charge is 0.322 e. The average molecular weight is 454 g/mol. The van der Waals surface area contributed by atoms with Gasteiger partial charge in [-0.2, -0.15) is 0 Å². The Labute approximate surface area is 195 Å². The Morgan fingerprint density at radius 3 is 2.48 bits per heavy atom. The molecule has 1 aromatic carbocycles. The third-order valence-electron chi connectivity index (χ3n) is 7.76. The van der Waals surface area contributed by atoms with Crippen LogP contribution in [0.2, 0.25) is 0 Å². The van der Waals surface area contributed by atoms with E-state index in [0.29, 0.717) is 18.5 Å². The van der Waals surface area contributed by atoms with E-state index in [1.165, 1.54) is 44.5 Å². The van der Waals surface area contributed by atoms with E-state index < -0.39 is 6.04 Å². The zero-order valence-electron chi connectivity index (χ0n) is 19.4. The molecule has 178 valence electrons. The lowest BCUT2D eigenvalue weighted by Gasteiger charge is -2.34. The van der Waals surface area contributed by atoms with Crippen LogP contribution in [0.4, 0.5) is 0 Å². The highest BCUT2D eigenvalue weighted by atomic mass is 16.2. The number of carbonyl (C=O) groups excluding carboxylic acids is 3. The highest BCUT2D eigenvalue weighted by Gasteiger charge is 2.39. The smallest absolute Gasteiger partial charge is 0.255 e. The summed E-state index contributed by atoms with van der Waals surface area (Å²) in [4.78, 5) is 43.3. The van der Waals surface area contributed by atoms with Gasteiger partial charge < -0.3 is 15.1 Å². The maximum absolute atomic E-state index is 12.9. The van der Waals surface area contributed by atoms with E-state index in [-0.39, 0.29) is 24.1 Å². The lowest BCUT2D eigenvalue weighted by atomic mass is 9.93. The van der Waals surface area contributed by atoms with Crippen molar-refractivity contribution in [1.29, 1.82) is 0 Å². The first-order valence-electron chi connectivity index (χ1n) is 12.5. The molecule has 1 atom stereocenters. The molecule has 3 saturated heterocycles. The number of fused-ring (bicyclic) bond motifs is 1. The number of rotatable bonds is 6. The average Bonchev–Trinajstić information content (AvgIpc) is 3.15. The van der Waals surface area contributed by atoms with Crippen LogP contribution in [0, 0.1) is 5.92 Å². The van der Waals surface area contributed by atoms with E-state index in [9.17, 15) is 14.4 Å². The second kappa shape index (κ2) is 9.91. The predicted octanol–water partition coefficient (Wildman–Crippen LogP) is 0.955. The van der Waals surface area contributed by atoms with Crippen LogP contribution in [-0.2, 0) is 22.7 Å². The molecule has 8 heteroatoms. The molecule has 0 bridgehead atoms. The summed E-state index contributed by atoms with van der Waals surface area (Å²) in [5.74, 6) is 0.120. The van der Waals surface area contributed by atoms with Crippen LogP contribution in [0.3, 0.4) is 0 Å². The number of likely N-dealkylation sites (tertiary alicyclic amines) is 1. The van der Waals surface area contributed by atoms with Crippen molar-refractivity contribution in [2.75, 3.05) is 45.8 Å². The summed E-state index contributed by atoms with van der Waals surface area (Å²) in [5, 5.41) is 5.79. The molecule has 0 aliphatic carbocycles. The zero-order valence-corrected chi connectivity index (χ0v) is 19.4. The number of piperidine rings is 2. The van der Waals surface area contributed by atoms with E-state index in [0.717, 1.165) is 44.2 Å². The van der Waals surface area contributed by atoms with Crippen molar-refractivity contribution in [1.82, 2.24) is 25.3 Å². The van der Waals surface area contributed by atoms with Crippen molar-refractivity contribution >= 4 is 17.7 Å². The van der Waals surface area contributed by atoms with Gasteiger partial charge in [-0.1, -0.05) is 12.1 Å². The van der Waals surface area contributed by atoms with Gasteiger partial charge in [-0.05, 0) is 68.4 Å². The van der Waals surface area contributed by atoms with E-state index in [4.69, 9.17) is 0 Å². The van der Waals surface area contributed by atoms with Gasteiger partial charge >= 0.3 is 0 Å². The number of piperazine rings is 1. The van der Waals surface area contributed by atoms with Gasteiger partial charge in [0.05, 0.1) is 0 Å². The Hall–Kier alpha value is -2.29. The first-order chi connectivity index (χ1) is 16.1. The van der Waals surface area contributed by atoms with Crippen LogP contribution in [0.25, 0.3) is 0 Å². The van der Waals surface area contributed by atoms with Crippen molar-refractivity contribution in [2.45, 2.75) is 51.2 Å². The Balaban J connectivity index is 1.12. The van der Waals surface area contributed by atoms with Crippen molar-refractivity contribution in [3.8, 4) is 0 Å². The summed E-state index contributed by atoms with van der Waals surface area (Å²) < 4.78 is 0. The summed E-state index contributed by atoms with van der Waals surface area (Å²) >= 11 is 0. The summed E-state index contributed by atoms with van der Waals surface area (Å²) in [6, 6.07) is 5.56. The molecule has 4 heterocycles. The van der Waals surface area contributed by atoms with E-state index in [1.807, 2.05) is 6.07 Å². The SMILES string of the molecule is O=C1CCC(N2Cc3cc(CN4CCC(CCN5CCNCC5)CC4)ccc3C2=O)C(=O)N1. The number of amides is 3. The molecule has 5 rings (SSSR count). The molecule has 33 heavy (non-hydrogen) atoms. The van der Waals surface area contributed by atoms with Gasteiger partial charge in [-0.25, -0.2) is 0 Å². The molecular formula is C25H35N5O3. The second-order valence-corrected chi connectivity index (χ2v) is 9.99. The van der Waals surface area contributed by atoms with Gasteiger partial charge in [0.1, 0.15) is 6.04 Å². The maximum atomic E-state index is 12.9. The van der Waals surface area contributed by atoms with Gasteiger partial charge in [0, 0.05) is 51.3 Å². The molecule has 0 radical (unpaired) electrons. The van der Waals surface area contributed by atoms with Crippen LogP contribution in [0.1, 0.15) is 53.6 Å². The van der Waals surface area contributed by atoms with Crippen LogP contribution < -0.4 is 10.6 Å². The quantitative estimate of drug-likeness (QED) is 0.624. The molecule has 1 unspecified atom stereocenters. The lowest BCUT2D eigenvalue weighted by molar-refractivity contribution is -0.136. The number of nitrogens with one attached hydrogen (secondary N) is 2. The highest BCUT2D eigenvalue weighted by molar-refractivity contribution is 6.05. The normalized spacial score (nSPS) is 25.4. The van der Waals surface area contributed by atoms with Crippen LogP contribution in [-0.4, -0.2) is 84.3 Å². The van der Waals surface area contributed by atoms with Gasteiger partial charge in [-0.3, -0.25) is 24.6 Å². The molecular weight excluding hydrogens is 418 g/mol. The minimum Gasteiger partial charge on any atom is -0.322 e. The van der Waals surface area contributed by atoms with Crippen molar-refractivity contribution in [2.24, 2.45) is 5.92 Å². The van der Waals surface area contributed by atoms with E-state index in [2.05, 4.69) is 32.6 Å². The van der Waals surface area contributed by atoms with Gasteiger partial charge in [0.25, 0.3) is 5.91 Å². The predicted molar refractivity (Wildman–Crippen MR) is 124 cm³/mol. The van der Waals surface area contributed by atoms with Gasteiger partial charge in [0.2, 0.25) is 11.8 Å². The van der Waals surface area contributed by atoms with Crippen molar-refractivity contribution in [3.05, 3.63) is 34.9 Å². The number of hydrogen-bond acceptors (Lipinski definition) is 6. The first kappa shape index (κ1) is 22.5. The molecule has 3 amide bonds. The molecule has 2 N–H and O–H groups in total. The molecule has 8 nitrogen and oxygen atoms in total. The number of imide groups is 1. The van der Waals surface area contributed by atoms with E-state index in [1.54, 1.807) is 4.90 Å². The Kier molecular flexibility index (Phi) is 6.76. The summed E-state index contributed by atoms with van der Waals surface area (Å²) in [6.07, 6.45) is 4.52. The second-order valence-electron chi connectivity index (χ2n) is 9.99. The molecule has 0 spiro atoms. The molecule has 4 aliphatic heterocycles. The fourth-order valence-electron chi connectivity index (χ4n) is 5.72. The monoisotopic (exact) mass is 453 g/mol. The van der Waals surface area contributed by atoms with Crippen LogP contribution in [0.5, 0.6) is 0 Å². The first-order valence-corrected chi connectivity index (χ1v) is 12.5. The van der Waals surface area contributed by atoms with Crippen molar-refractivity contribution in [3.63, 3.8) is 0 Å². The van der Waals surface area contributed by atoms with Gasteiger partial charge in [-0.15, -0.1) is 0 Å². The summed E-state index contributed by atoms with van der Waals surface area (Å²) in [7, 11) is 0. The Morgan fingerprint density at radius 2 is 1.73 bits per heavy atom. The number of hydrogen-bond donors (Lipinski definition) is 2. The summed E-state index contributed by atoms with van der Waals surface area (Å²) in [5.41, 5.74) is 2.91. The Morgan fingerprint density at radius 1 is 0.939 bits per heavy atom. The molecule has 4 aliphatic rings. The number of benzene rings is 1.